The summed E-state index contributed by atoms with van der Waals surface area (Å²) in [5, 5.41) is 3.38. The molecule has 0 radical (unpaired) electrons. The molecule has 3 heteroatoms. The highest BCUT2D eigenvalue weighted by molar-refractivity contribution is 5.25. The minimum atomic E-state index is -0.178. The summed E-state index contributed by atoms with van der Waals surface area (Å²) in [6, 6.07) is 17.2. The van der Waals surface area contributed by atoms with Crippen molar-refractivity contribution in [1.29, 1.82) is 0 Å². The molecule has 0 saturated carbocycles. The van der Waals surface area contributed by atoms with Gasteiger partial charge in [0, 0.05) is 26.1 Å². The van der Waals surface area contributed by atoms with Gasteiger partial charge in [-0.05, 0) is 29.7 Å². The maximum absolute atomic E-state index is 13.5. The third-order valence-corrected chi connectivity index (χ3v) is 3.52. The van der Waals surface area contributed by atoms with Gasteiger partial charge in [-0.3, -0.25) is 0 Å². The van der Waals surface area contributed by atoms with Crippen molar-refractivity contribution in [2.75, 3.05) is 26.8 Å². The molecule has 2 aromatic rings. The first-order valence-electron chi connectivity index (χ1n) is 7.28. The Morgan fingerprint density at radius 2 is 1.90 bits per heavy atom. The van der Waals surface area contributed by atoms with E-state index in [4.69, 9.17) is 4.74 Å². The van der Waals surface area contributed by atoms with Crippen molar-refractivity contribution in [3.63, 3.8) is 0 Å². The Balaban J connectivity index is 2.06. The van der Waals surface area contributed by atoms with Crippen molar-refractivity contribution in [2.24, 2.45) is 0 Å². The quantitative estimate of drug-likeness (QED) is 0.751. The van der Waals surface area contributed by atoms with Crippen molar-refractivity contribution < 1.29 is 9.13 Å². The zero-order valence-electron chi connectivity index (χ0n) is 12.4. The number of ether oxygens (including phenoxy) is 1. The van der Waals surface area contributed by atoms with Crippen LogP contribution in [0.1, 0.15) is 17.0 Å². The molecule has 0 heterocycles. The van der Waals surface area contributed by atoms with Crippen molar-refractivity contribution in [1.82, 2.24) is 5.32 Å². The lowest BCUT2D eigenvalue weighted by molar-refractivity contribution is 0.199. The van der Waals surface area contributed by atoms with E-state index >= 15 is 0 Å². The summed E-state index contributed by atoms with van der Waals surface area (Å²) in [5.41, 5.74) is 2.30. The molecule has 0 aliphatic heterocycles. The summed E-state index contributed by atoms with van der Waals surface area (Å²) in [5.74, 6) is 0.0717. The second kappa shape index (κ2) is 8.55. The summed E-state index contributed by atoms with van der Waals surface area (Å²) in [6.45, 7) is 2.29. The van der Waals surface area contributed by atoms with Crippen LogP contribution in [0.5, 0.6) is 0 Å². The average Bonchev–Trinajstić information content (AvgIpc) is 2.51. The number of methoxy groups -OCH3 is 1. The van der Waals surface area contributed by atoms with Crippen LogP contribution in [0.25, 0.3) is 0 Å². The van der Waals surface area contributed by atoms with Crippen molar-refractivity contribution in [2.45, 2.75) is 12.3 Å². The van der Waals surface area contributed by atoms with Gasteiger partial charge >= 0.3 is 0 Å². The number of nitrogens with one attached hydrogen (secondary N) is 1. The van der Waals surface area contributed by atoms with Crippen molar-refractivity contribution in [3.05, 3.63) is 71.5 Å². The smallest absolute Gasteiger partial charge is 0.123 e. The van der Waals surface area contributed by atoms with Gasteiger partial charge in [-0.25, -0.2) is 4.39 Å². The number of rotatable bonds is 8. The van der Waals surface area contributed by atoms with Gasteiger partial charge in [0.15, 0.2) is 0 Å². The highest BCUT2D eigenvalue weighted by atomic mass is 19.1. The summed E-state index contributed by atoms with van der Waals surface area (Å²) in [7, 11) is 1.69. The number of benzene rings is 2. The molecule has 0 bridgehead atoms. The highest BCUT2D eigenvalue weighted by Gasteiger charge is 2.12. The summed E-state index contributed by atoms with van der Waals surface area (Å²) >= 11 is 0. The average molecular weight is 287 g/mol. The molecule has 21 heavy (non-hydrogen) atoms. The Bertz CT molecular complexity index is 530. The van der Waals surface area contributed by atoms with Crippen LogP contribution in [0.2, 0.25) is 0 Å². The van der Waals surface area contributed by atoms with Crippen LogP contribution in [-0.2, 0) is 11.2 Å². The maximum atomic E-state index is 13.5. The van der Waals surface area contributed by atoms with Gasteiger partial charge in [0.25, 0.3) is 0 Å². The molecule has 1 atom stereocenters. The van der Waals surface area contributed by atoms with E-state index in [1.54, 1.807) is 19.2 Å². The number of hydrogen-bond donors (Lipinski definition) is 1. The molecule has 0 spiro atoms. The molecule has 1 unspecified atom stereocenters. The van der Waals surface area contributed by atoms with E-state index in [0.717, 1.165) is 25.1 Å². The van der Waals surface area contributed by atoms with E-state index in [1.807, 2.05) is 24.3 Å². The topological polar surface area (TPSA) is 21.3 Å². The van der Waals surface area contributed by atoms with E-state index in [2.05, 4.69) is 17.4 Å². The summed E-state index contributed by atoms with van der Waals surface area (Å²) < 4.78 is 18.5. The Morgan fingerprint density at radius 1 is 1.10 bits per heavy atom. The molecule has 2 aromatic carbocycles. The molecular weight excluding hydrogens is 265 g/mol. The van der Waals surface area contributed by atoms with Gasteiger partial charge in [0.2, 0.25) is 0 Å². The molecule has 0 aliphatic rings. The fourth-order valence-electron chi connectivity index (χ4n) is 2.42. The molecular formula is C18H22FNO. The Morgan fingerprint density at radius 3 is 2.62 bits per heavy atom. The van der Waals surface area contributed by atoms with Crippen LogP contribution in [-0.4, -0.2) is 26.8 Å². The Hall–Kier alpha value is -1.71. The summed E-state index contributed by atoms with van der Waals surface area (Å²) in [4.78, 5) is 0. The molecule has 0 fully saturated rings. The first kappa shape index (κ1) is 15.7. The standard InChI is InChI=1S/C18H22FNO/c1-21-11-10-20-14-17(12-15-6-3-2-4-7-15)16-8-5-9-18(19)13-16/h2-9,13,17,20H,10-12,14H2,1H3. The predicted molar refractivity (Wildman–Crippen MR) is 84.0 cm³/mol. The van der Waals surface area contributed by atoms with Gasteiger partial charge in [0.1, 0.15) is 5.82 Å². The van der Waals surface area contributed by atoms with Crippen LogP contribution in [0.4, 0.5) is 4.39 Å². The molecule has 0 amide bonds. The minimum Gasteiger partial charge on any atom is -0.383 e. The van der Waals surface area contributed by atoms with Crippen molar-refractivity contribution in [3.8, 4) is 0 Å². The van der Waals surface area contributed by atoms with Crippen LogP contribution >= 0.6 is 0 Å². The first-order chi connectivity index (χ1) is 10.3. The van der Waals surface area contributed by atoms with Gasteiger partial charge < -0.3 is 10.1 Å². The first-order valence-corrected chi connectivity index (χ1v) is 7.28. The van der Waals surface area contributed by atoms with Crippen LogP contribution < -0.4 is 5.32 Å². The van der Waals surface area contributed by atoms with Crippen LogP contribution in [0, 0.1) is 5.82 Å². The van der Waals surface area contributed by atoms with Gasteiger partial charge in [-0.1, -0.05) is 42.5 Å². The van der Waals surface area contributed by atoms with Crippen molar-refractivity contribution >= 4 is 0 Å². The Kier molecular flexibility index (Phi) is 6.38. The van der Waals surface area contributed by atoms with Crippen LogP contribution in [0.15, 0.2) is 54.6 Å². The van der Waals surface area contributed by atoms with E-state index in [9.17, 15) is 4.39 Å². The van der Waals surface area contributed by atoms with Gasteiger partial charge in [-0.2, -0.15) is 0 Å². The second-order valence-electron chi connectivity index (χ2n) is 5.14. The SMILES string of the molecule is COCCNCC(Cc1ccccc1)c1cccc(F)c1. The molecule has 0 saturated heterocycles. The van der Waals surface area contributed by atoms with E-state index in [-0.39, 0.29) is 11.7 Å². The van der Waals surface area contributed by atoms with E-state index in [0.29, 0.717) is 6.61 Å². The molecule has 0 aliphatic carbocycles. The van der Waals surface area contributed by atoms with Crippen LogP contribution in [0.3, 0.4) is 0 Å². The molecule has 2 rings (SSSR count). The minimum absolute atomic E-state index is 0.178. The third-order valence-electron chi connectivity index (χ3n) is 3.52. The van der Waals surface area contributed by atoms with Gasteiger partial charge in [-0.15, -0.1) is 0 Å². The lowest BCUT2D eigenvalue weighted by Gasteiger charge is -2.18. The Labute approximate surface area is 126 Å². The number of halogens is 1. The third kappa shape index (κ3) is 5.29. The lowest BCUT2D eigenvalue weighted by Crippen LogP contribution is -2.26. The van der Waals surface area contributed by atoms with E-state index < -0.39 is 0 Å². The monoisotopic (exact) mass is 287 g/mol. The molecule has 112 valence electrons. The summed E-state index contributed by atoms with van der Waals surface area (Å²) in [6.07, 6.45) is 0.893. The fourth-order valence-corrected chi connectivity index (χ4v) is 2.42. The second-order valence-corrected chi connectivity index (χ2v) is 5.14. The molecule has 1 N–H and O–H groups in total. The maximum Gasteiger partial charge on any atom is 0.123 e. The number of hydrogen-bond acceptors (Lipinski definition) is 2. The largest absolute Gasteiger partial charge is 0.383 e. The molecule has 2 nitrogen and oxygen atoms in total. The predicted octanol–water partition coefficient (Wildman–Crippen LogP) is 3.39. The lowest BCUT2D eigenvalue weighted by atomic mass is 9.92. The highest BCUT2D eigenvalue weighted by Crippen LogP contribution is 2.21. The van der Waals surface area contributed by atoms with Gasteiger partial charge in [0.05, 0.1) is 6.61 Å². The normalized spacial score (nSPS) is 12.3. The zero-order valence-corrected chi connectivity index (χ0v) is 12.4. The zero-order chi connectivity index (χ0) is 14.9. The van der Waals surface area contributed by atoms with E-state index in [1.165, 1.54) is 11.6 Å². The fraction of sp³-hybridized carbons (Fsp3) is 0.333. The molecule has 0 aromatic heterocycles.